The van der Waals surface area contributed by atoms with E-state index in [1.54, 1.807) is 12.1 Å². The Morgan fingerprint density at radius 3 is 2.42 bits per heavy atom. The van der Waals surface area contributed by atoms with Crippen molar-refractivity contribution < 1.29 is 9.18 Å². The van der Waals surface area contributed by atoms with Gasteiger partial charge in [-0.2, -0.15) is 0 Å². The lowest BCUT2D eigenvalue weighted by molar-refractivity contribution is -0.121. The molecule has 0 aromatic heterocycles. The highest BCUT2D eigenvalue weighted by Gasteiger charge is 2.17. The summed E-state index contributed by atoms with van der Waals surface area (Å²) in [7, 11) is 0. The van der Waals surface area contributed by atoms with Gasteiger partial charge in [-0.15, -0.1) is 0 Å². The maximum absolute atomic E-state index is 12.9. The van der Waals surface area contributed by atoms with Crippen LogP contribution < -0.4 is 10.6 Å². The quantitative estimate of drug-likeness (QED) is 0.745. The lowest BCUT2D eigenvalue weighted by Gasteiger charge is -2.23. The van der Waals surface area contributed by atoms with Crippen molar-refractivity contribution in [1.82, 2.24) is 10.6 Å². The van der Waals surface area contributed by atoms with Gasteiger partial charge < -0.3 is 10.6 Å². The second kappa shape index (κ2) is 7.89. The number of hydrogen-bond acceptors (Lipinski definition) is 2. The molecule has 0 aliphatic rings. The highest BCUT2D eigenvalue weighted by Crippen LogP contribution is 2.21. The van der Waals surface area contributed by atoms with E-state index in [2.05, 4.69) is 17.6 Å². The molecule has 0 saturated carbocycles. The van der Waals surface area contributed by atoms with Gasteiger partial charge in [-0.05, 0) is 36.6 Å². The first-order valence-electron chi connectivity index (χ1n) is 6.80. The highest BCUT2D eigenvalue weighted by molar-refractivity contribution is 5.78. The summed E-state index contributed by atoms with van der Waals surface area (Å²) in [4.78, 5) is 11.8. The van der Waals surface area contributed by atoms with Crippen molar-refractivity contribution in [2.45, 2.75) is 33.2 Å². The number of benzene rings is 1. The van der Waals surface area contributed by atoms with Crippen molar-refractivity contribution in [3.8, 4) is 0 Å². The largest absolute Gasteiger partial charge is 0.348 e. The van der Waals surface area contributed by atoms with Gasteiger partial charge >= 0.3 is 0 Å². The van der Waals surface area contributed by atoms with E-state index >= 15 is 0 Å². The van der Waals surface area contributed by atoms with Crippen LogP contribution in [0.25, 0.3) is 0 Å². The second-order valence-electron chi connectivity index (χ2n) is 5.02. The fourth-order valence-electron chi connectivity index (χ4n) is 1.91. The number of carbonyl (C=O) groups excluding carboxylic acids is 1. The fraction of sp³-hybridized carbons (Fsp3) is 0.533. The van der Waals surface area contributed by atoms with Gasteiger partial charge in [-0.3, -0.25) is 4.79 Å². The van der Waals surface area contributed by atoms with E-state index in [1.165, 1.54) is 12.1 Å². The molecule has 0 heterocycles. The Labute approximate surface area is 114 Å². The number of rotatable bonds is 7. The van der Waals surface area contributed by atoms with Crippen LogP contribution in [0.1, 0.15) is 38.8 Å². The van der Waals surface area contributed by atoms with E-state index in [4.69, 9.17) is 0 Å². The lowest BCUT2D eigenvalue weighted by atomic mass is 9.96. The number of nitrogens with one attached hydrogen (secondary N) is 2. The zero-order chi connectivity index (χ0) is 14.3. The van der Waals surface area contributed by atoms with Gasteiger partial charge in [-0.25, -0.2) is 4.39 Å². The molecule has 0 saturated heterocycles. The summed E-state index contributed by atoms with van der Waals surface area (Å²) in [6.45, 7) is 7.27. The monoisotopic (exact) mass is 266 g/mol. The summed E-state index contributed by atoms with van der Waals surface area (Å²) in [6.07, 6.45) is 0.999. The molecule has 1 atom stereocenters. The van der Waals surface area contributed by atoms with Gasteiger partial charge in [-0.1, -0.05) is 32.9 Å². The maximum Gasteiger partial charge on any atom is 0.234 e. The number of halogens is 1. The van der Waals surface area contributed by atoms with Crippen molar-refractivity contribution in [1.29, 1.82) is 0 Å². The molecule has 1 rings (SSSR count). The van der Waals surface area contributed by atoms with Gasteiger partial charge in [0.15, 0.2) is 0 Å². The molecule has 1 unspecified atom stereocenters. The molecule has 4 heteroatoms. The van der Waals surface area contributed by atoms with Crippen molar-refractivity contribution in [2.24, 2.45) is 5.92 Å². The molecule has 0 fully saturated rings. The van der Waals surface area contributed by atoms with Gasteiger partial charge in [0, 0.05) is 0 Å². The van der Waals surface area contributed by atoms with Crippen LogP contribution in [0.5, 0.6) is 0 Å². The molecule has 19 heavy (non-hydrogen) atoms. The van der Waals surface area contributed by atoms with Gasteiger partial charge in [0.05, 0.1) is 12.6 Å². The molecule has 1 aromatic rings. The highest BCUT2D eigenvalue weighted by atomic mass is 19.1. The molecule has 2 N–H and O–H groups in total. The van der Waals surface area contributed by atoms with Crippen LogP contribution in [0, 0.1) is 11.7 Å². The van der Waals surface area contributed by atoms with Crippen LogP contribution in [-0.4, -0.2) is 19.0 Å². The first-order chi connectivity index (χ1) is 9.04. The van der Waals surface area contributed by atoms with E-state index < -0.39 is 0 Å². The molecule has 0 radical (unpaired) electrons. The minimum Gasteiger partial charge on any atom is -0.348 e. The predicted octanol–water partition coefficient (Wildman–Crippen LogP) is 2.64. The third-order valence-corrected chi connectivity index (χ3v) is 2.92. The lowest BCUT2D eigenvalue weighted by Crippen LogP contribution is -2.38. The maximum atomic E-state index is 12.9. The van der Waals surface area contributed by atoms with Crippen LogP contribution in [0.15, 0.2) is 24.3 Å². The number of carbonyl (C=O) groups is 1. The summed E-state index contributed by atoms with van der Waals surface area (Å²) in [6, 6.07) is 6.20. The second-order valence-corrected chi connectivity index (χ2v) is 5.02. The van der Waals surface area contributed by atoms with Crippen LogP contribution >= 0.6 is 0 Å². The Hall–Kier alpha value is -1.42. The third-order valence-electron chi connectivity index (χ3n) is 2.92. The summed E-state index contributed by atoms with van der Waals surface area (Å²) in [5.41, 5.74) is 0.931. The minimum atomic E-state index is -0.262. The zero-order valence-electron chi connectivity index (χ0n) is 11.9. The smallest absolute Gasteiger partial charge is 0.234 e. The Kier molecular flexibility index (Phi) is 6.50. The first-order valence-corrected chi connectivity index (χ1v) is 6.80. The molecular formula is C15H23FN2O. The van der Waals surface area contributed by atoms with E-state index in [0.717, 1.165) is 18.5 Å². The molecule has 0 aliphatic carbocycles. The molecule has 106 valence electrons. The Balaban J connectivity index is 2.63. The van der Waals surface area contributed by atoms with E-state index in [9.17, 15) is 9.18 Å². The zero-order valence-corrected chi connectivity index (χ0v) is 11.9. The summed E-state index contributed by atoms with van der Waals surface area (Å²) < 4.78 is 12.9. The first kappa shape index (κ1) is 15.6. The average molecular weight is 266 g/mol. The van der Waals surface area contributed by atoms with E-state index in [-0.39, 0.29) is 23.7 Å². The van der Waals surface area contributed by atoms with Crippen molar-refractivity contribution >= 4 is 5.91 Å². The number of hydrogen-bond donors (Lipinski definition) is 2. The van der Waals surface area contributed by atoms with E-state index in [1.807, 2.05) is 13.8 Å². The molecule has 3 nitrogen and oxygen atoms in total. The predicted molar refractivity (Wildman–Crippen MR) is 75.3 cm³/mol. The molecule has 1 aromatic carbocycles. The van der Waals surface area contributed by atoms with Crippen LogP contribution in [-0.2, 0) is 4.79 Å². The van der Waals surface area contributed by atoms with Crippen LogP contribution in [0.2, 0.25) is 0 Å². The standard InChI is InChI=1S/C15H23FN2O/c1-4-9-17-10-14(19)18-15(11(2)3)12-5-7-13(16)8-6-12/h5-8,11,15,17H,4,9-10H2,1-3H3,(H,18,19). The van der Waals surface area contributed by atoms with Gasteiger partial charge in [0.1, 0.15) is 5.82 Å². The van der Waals surface area contributed by atoms with Gasteiger partial charge in [0.2, 0.25) is 5.91 Å². The summed E-state index contributed by atoms with van der Waals surface area (Å²) in [5.74, 6) is -0.0424. The molecular weight excluding hydrogens is 243 g/mol. The molecule has 0 spiro atoms. The average Bonchev–Trinajstić information content (AvgIpc) is 2.37. The third kappa shape index (κ3) is 5.39. The minimum absolute atomic E-state index is 0.0310. The Bertz CT molecular complexity index is 390. The van der Waals surface area contributed by atoms with Crippen LogP contribution in [0.3, 0.4) is 0 Å². The molecule has 0 aliphatic heterocycles. The fourth-order valence-corrected chi connectivity index (χ4v) is 1.91. The normalized spacial score (nSPS) is 12.5. The van der Waals surface area contributed by atoms with Crippen molar-refractivity contribution in [3.05, 3.63) is 35.6 Å². The number of amides is 1. The summed E-state index contributed by atoms with van der Waals surface area (Å²) in [5, 5.41) is 6.05. The summed E-state index contributed by atoms with van der Waals surface area (Å²) >= 11 is 0. The SMILES string of the molecule is CCCNCC(=O)NC(c1ccc(F)cc1)C(C)C. The Morgan fingerprint density at radius 2 is 1.89 bits per heavy atom. The topological polar surface area (TPSA) is 41.1 Å². The molecule has 0 bridgehead atoms. The van der Waals surface area contributed by atoms with Gasteiger partial charge in [0.25, 0.3) is 0 Å². The van der Waals surface area contributed by atoms with Crippen LogP contribution in [0.4, 0.5) is 4.39 Å². The molecule has 1 amide bonds. The van der Waals surface area contributed by atoms with Crippen molar-refractivity contribution in [3.63, 3.8) is 0 Å². The Morgan fingerprint density at radius 1 is 1.26 bits per heavy atom. The van der Waals surface area contributed by atoms with E-state index in [0.29, 0.717) is 6.54 Å². The van der Waals surface area contributed by atoms with Crippen molar-refractivity contribution in [2.75, 3.05) is 13.1 Å².